The molecule has 2 rings (SSSR count). The molecule has 2 aromatic rings. The van der Waals surface area contributed by atoms with Crippen molar-refractivity contribution >= 4 is 23.7 Å². The number of nitrogens with one attached hydrogen (secondary N) is 3. The molecular weight excluding hydrogens is 508 g/mol. The molecule has 0 unspecified atom stereocenters. The second-order valence-corrected chi connectivity index (χ2v) is 9.59. The van der Waals surface area contributed by atoms with Crippen molar-refractivity contribution in [2.45, 2.75) is 57.0 Å². The Morgan fingerprint density at radius 3 is 1.88 bits per heavy atom. The van der Waals surface area contributed by atoms with Gasteiger partial charge in [0.25, 0.3) is 0 Å². The van der Waals surface area contributed by atoms with Crippen LogP contribution in [0, 0.1) is 0 Å². The Morgan fingerprint density at radius 2 is 1.30 bits per heavy atom. The first-order chi connectivity index (χ1) is 19.3. The number of rotatable bonds is 18. The number of guanidine groups is 1. The first-order valence-electron chi connectivity index (χ1n) is 13.8. The zero-order valence-electron chi connectivity index (χ0n) is 23.1. The highest BCUT2D eigenvalue weighted by molar-refractivity contribution is 5.92. The predicted molar refractivity (Wildman–Crippen MR) is 159 cm³/mol. The molecule has 0 aromatic heterocycles. The van der Waals surface area contributed by atoms with Crippen LogP contribution in [0.2, 0.25) is 0 Å². The van der Waals surface area contributed by atoms with Crippen molar-refractivity contribution in [3.05, 3.63) is 60.2 Å². The lowest BCUT2D eigenvalue weighted by Gasteiger charge is -2.23. The van der Waals surface area contributed by atoms with Crippen molar-refractivity contribution in [3.63, 3.8) is 0 Å². The molecule has 0 heterocycles. The third-order valence-electron chi connectivity index (χ3n) is 6.31. The Kier molecular flexibility index (Phi) is 14.8. The van der Waals surface area contributed by atoms with Crippen LogP contribution in [0.25, 0.3) is 11.1 Å². The molecule has 11 nitrogen and oxygen atoms in total. The molecular formula is C29H44N8O3. The number of benzene rings is 2. The van der Waals surface area contributed by atoms with Gasteiger partial charge in [-0.2, -0.15) is 0 Å². The van der Waals surface area contributed by atoms with E-state index < -0.39 is 18.0 Å². The molecule has 0 spiro atoms. The minimum Gasteiger partial charge on any atom is -0.370 e. The van der Waals surface area contributed by atoms with E-state index >= 15 is 0 Å². The average molecular weight is 553 g/mol. The largest absolute Gasteiger partial charge is 0.370 e. The summed E-state index contributed by atoms with van der Waals surface area (Å²) < 4.78 is 0. The van der Waals surface area contributed by atoms with Crippen LogP contribution < -0.4 is 38.9 Å². The third-order valence-corrected chi connectivity index (χ3v) is 6.31. The van der Waals surface area contributed by atoms with E-state index in [9.17, 15) is 14.4 Å². The number of nitrogens with two attached hydrogens (primary N) is 4. The second kappa shape index (κ2) is 18.3. The van der Waals surface area contributed by atoms with Gasteiger partial charge in [-0.1, -0.05) is 54.6 Å². The van der Waals surface area contributed by atoms with Crippen molar-refractivity contribution in [2.24, 2.45) is 27.9 Å². The fourth-order valence-electron chi connectivity index (χ4n) is 4.16. The van der Waals surface area contributed by atoms with Gasteiger partial charge in [0, 0.05) is 6.54 Å². The monoisotopic (exact) mass is 552 g/mol. The van der Waals surface area contributed by atoms with Crippen LogP contribution in [0.3, 0.4) is 0 Å². The van der Waals surface area contributed by atoms with Gasteiger partial charge < -0.3 is 38.9 Å². The Hall–Kier alpha value is -3.96. The van der Waals surface area contributed by atoms with Gasteiger partial charge in [0.1, 0.15) is 12.1 Å². The average Bonchev–Trinajstić information content (AvgIpc) is 2.95. The lowest BCUT2D eigenvalue weighted by molar-refractivity contribution is -0.132. The fourth-order valence-corrected chi connectivity index (χ4v) is 4.16. The van der Waals surface area contributed by atoms with Crippen LogP contribution in [0.1, 0.15) is 44.1 Å². The number of carbonyl (C=O) groups excluding carboxylic acids is 3. The van der Waals surface area contributed by atoms with Gasteiger partial charge in [0.2, 0.25) is 17.7 Å². The summed E-state index contributed by atoms with van der Waals surface area (Å²) in [5, 5.41) is 8.43. The van der Waals surface area contributed by atoms with Gasteiger partial charge in [-0.3, -0.25) is 19.4 Å². The van der Waals surface area contributed by atoms with E-state index in [2.05, 4.69) is 20.9 Å². The molecule has 0 aliphatic carbocycles. The van der Waals surface area contributed by atoms with E-state index in [1.54, 1.807) is 0 Å². The summed E-state index contributed by atoms with van der Waals surface area (Å²) in [4.78, 5) is 42.9. The van der Waals surface area contributed by atoms with Crippen molar-refractivity contribution in [1.82, 2.24) is 16.0 Å². The molecule has 40 heavy (non-hydrogen) atoms. The zero-order valence-corrected chi connectivity index (χ0v) is 23.1. The van der Waals surface area contributed by atoms with E-state index in [-0.39, 0.29) is 37.3 Å². The molecule has 11 heteroatoms. The van der Waals surface area contributed by atoms with Crippen LogP contribution in [-0.4, -0.2) is 61.9 Å². The van der Waals surface area contributed by atoms with E-state index in [1.807, 2.05) is 54.6 Å². The topological polar surface area (TPSA) is 204 Å². The van der Waals surface area contributed by atoms with Crippen molar-refractivity contribution < 1.29 is 14.4 Å². The maximum atomic E-state index is 13.3. The smallest absolute Gasteiger partial charge is 0.243 e. The van der Waals surface area contributed by atoms with Crippen LogP contribution in [-0.2, 0) is 20.8 Å². The number of amides is 3. The first-order valence-corrected chi connectivity index (χ1v) is 13.8. The molecule has 0 radical (unpaired) electrons. The van der Waals surface area contributed by atoms with E-state index in [0.717, 1.165) is 16.7 Å². The van der Waals surface area contributed by atoms with Crippen LogP contribution in [0.5, 0.6) is 0 Å². The Balaban J connectivity index is 2.03. The van der Waals surface area contributed by atoms with E-state index in [0.29, 0.717) is 51.6 Å². The molecule has 3 amide bonds. The minimum atomic E-state index is -0.797. The van der Waals surface area contributed by atoms with Crippen LogP contribution in [0.15, 0.2) is 59.6 Å². The molecule has 0 fully saturated rings. The lowest BCUT2D eigenvalue weighted by atomic mass is 10.0. The number of carbonyl (C=O) groups is 3. The highest BCUT2D eigenvalue weighted by Crippen LogP contribution is 2.19. The first kappa shape index (κ1) is 32.3. The molecule has 0 aliphatic heterocycles. The maximum absolute atomic E-state index is 13.3. The van der Waals surface area contributed by atoms with E-state index in [1.165, 1.54) is 0 Å². The molecule has 0 saturated heterocycles. The van der Waals surface area contributed by atoms with Gasteiger partial charge in [-0.25, -0.2) is 0 Å². The molecule has 0 saturated carbocycles. The quantitative estimate of drug-likeness (QED) is 0.0792. The number of hydrogen-bond acceptors (Lipinski definition) is 6. The lowest BCUT2D eigenvalue weighted by Crippen LogP contribution is -2.54. The normalized spacial score (nSPS) is 12.2. The molecule has 0 bridgehead atoms. The third kappa shape index (κ3) is 12.3. The minimum absolute atomic E-state index is 0.0646. The molecule has 0 aliphatic rings. The number of aliphatic imine (C=N–C) groups is 1. The summed E-state index contributed by atoms with van der Waals surface area (Å²) in [7, 11) is 0. The Morgan fingerprint density at radius 1 is 0.725 bits per heavy atom. The van der Waals surface area contributed by atoms with Crippen molar-refractivity contribution in [3.8, 4) is 11.1 Å². The van der Waals surface area contributed by atoms with Gasteiger partial charge in [0.05, 0.1) is 13.0 Å². The Bertz CT molecular complexity index is 1070. The number of nitrogens with zero attached hydrogens (tertiary/aromatic N) is 1. The summed E-state index contributed by atoms with van der Waals surface area (Å²) in [6.07, 6.45) is 3.69. The second-order valence-electron chi connectivity index (χ2n) is 9.59. The molecule has 218 valence electrons. The summed E-state index contributed by atoms with van der Waals surface area (Å²) in [5.74, 6) is -1.10. The summed E-state index contributed by atoms with van der Waals surface area (Å²) in [6.45, 7) is 1.41. The molecule has 2 atom stereocenters. The van der Waals surface area contributed by atoms with Crippen LogP contribution in [0.4, 0.5) is 0 Å². The van der Waals surface area contributed by atoms with Crippen molar-refractivity contribution in [2.75, 3.05) is 26.2 Å². The number of hydrogen-bond donors (Lipinski definition) is 7. The summed E-state index contributed by atoms with van der Waals surface area (Å²) in [5.41, 5.74) is 24.9. The van der Waals surface area contributed by atoms with Crippen molar-refractivity contribution in [1.29, 1.82) is 0 Å². The SMILES string of the molecule is NCCCC[C@H](NC(=O)Cc1ccc(-c2ccccc2)cc1)C(=O)N[C@@H](CCCCN)C(=O)NCCN=C(N)N. The zero-order chi connectivity index (χ0) is 29.2. The fraction of sp³-hybridized carbons (Fsp3) is 0.448. The highest BCUT2D eigenvalue weighted by Gasteiger charge is 2.26. The standard InChI is InChI=1S/C29H44N8O3/c30-16-6-4-10-24(27(39)34-18-19-35-29(32)33)37-28(40)25(11-5-7-17-31)36-26(38)20-21-12-14-23(15-13-21)22-8-2-1-3-9-22/h1-3,8-9,12-15,24-25H,4-7,10-11,16-20,30-31H2,(H,34,39)(H,36,38)(H,37,40)(H4,32,33,35)/t24-,25-/m0/s1. The number of unbranched alkanes of at least 4 members (excludes halogenated alkanes) is 2. The van der Waals surface area contributed by atoms with Gasteiger partial charge in [0.15, 0.2) is 5.96 Å². The van der Waals surface area contributed by atoms with E-state index in [4.69, 9.17) is 22.9 Å². The Labute approximate surface area is 236 Å². The summed E-state index contributed by atoms with van der Waals surface area (Å²) >= 11 is 0. The molecule has 2 aromatic carbocycles. The summed E-state index contributed by atoms with van der Waals surface area (Å²) in [6, 6.07) is 16.2. The molecule has 11 N–H and O–H groups in total. The highest BCUT2D eigenvalue weighted by atomic mass is 16.2. The van der Waals surface area contributed by atoms with Gasteiger partial charge >= 0.3 is 0 Å². The van der Waals surface area contributed by atoms with Gasteiger partial charge in [-0.15, -0.1) is 0 Å². The predicted octanol–water partition coefficient (Wildman–Crippen LogP) is 0.513. The maximum Gasteiger partial charge on any atom is 0.243 e. The van der Waals surface area contributed by atoms with Crippen LogP contribution >= 0.6 is 0 Å². The van der Waals surface area contributed by atoms with Gasteiger partial charge in [-0.05, 0) is 68.3 Å².